The number of hydrogen-bond donors (Lipinski definition) is 0. The molecule has 0 spiro atoms. The van der Waals surface area contributed by atoms with Crippen molar-refractivity contribution < 1.29 is 0 Å². The van der Waals surface area contributed by atoms with E-state index in [0.29, 0.717) is 0 Å². The third kappa shape index (κ3) is 6.23. The van der Waals surface area contributed by atoms with Crippen molar-refractivity contribution in [2.75, 3.05) is 4.90 Å². The van der Waals surface area contributed by atoms with Crippen LogP contribution in [0, 0.1) is 0 Å². The van der Waals surface area contributed by atoms with Crippen molar-refractivity contribution in [3.63, 3.8) is 0 Å². The fraction of sp³-hybridized carbons (Fsp3) is 0. The van der Waals surface area contributed by atoms with E-state index in [1.54, 1.807) is 0 Å². The van der Waals surface area contributed by atoms with Crippen LogP contribution in [0.3, 0.4) is 0 Å². The van der Waals surface area contributed by atoms with Crippen molar-refractivity contribution in [2.45, 2.75) is 0 Å². The summed E-state index contributed by atoms with van der Waals surface area (Å²) < 4.78 is 2.39. The average Bonchev–Trinajstić information content (AvgIpc) is 3.67. The van der Waals surface area contributed by atoms with Crippen LogP contribution in [0.15, 0.2) is 243 Å². The van der Waals surface area contributed by atoms with Crippen LogP contribution in [-0.2, 0) is 0 Å². The highest BCUT2D eigenvalue weighted by Gasteiger charge is 2.21. The zero-order valence-electron chi connectivity index (χ0n) is 33.0. The van der Waals surface area contributed by atoms with Crippen LogP contribution >= 0.6 is 0 Å². The molecule has 2 heteroatoms. The largest absolute Gasteiger partial charge is 0.310 e. The highest BCUT2D eigenvalue weighted by molar-refractivity contribution is 6.17. The molecule has 10 aromatic carbocycles. The molecule has 0 N–H and O–H groups in total. The van der Waals surface area contributed by atoms with Gasteiger partial charge in [0.1, 0.15) is 0 Å². The molecule has 0 aliphatic heterocycles. The molecule has 11 rings (SSSR count). The Morgan fingerprint density at radius 3 is 1.55 bits per heavy atom. The number of hydrogen-bond acceptors (Lipinski definition) is 1. The van der Waals surface area contributed by atoms with E-state index in [-0.39, 0.29) is 0 Å². The van der Waals surface area contributed by atoms with Crippen LogP contribution in [0.1, 0.15) is 0 Å². The molecule has 0 bridgehead atoms. The first-order valence-corrected chi connectivity index (χ1v) is 20.6. The van der Waals surface area contributed by atoms with Crippen molar-refractivity contribution >= 4 is 49.6 Å². The van der Waals surface area contributed by atoms with E-state index in [2.05, 4.69) is 252 Å². The molecule has 0 aliphatic rings. The van der Waals surface area contributed by atoms with Crippen molar-refractivity contribution in [1.82, 2.24) is 4.57 Å². The lowest BCUT2D eigenvalue weighted by atomic mass is 9.94. The van der Waals surface area contributed by atoms with Gasteiger partial charge in [-0.2, -0.15) is 0 Å². The van der Waals surface area contributed by atoms with E-state index in [4.69, 9.17) is 0 Å². The van der Waals surface area contributed by atoms with Crippen LogP contribution in [0.4, 0.5) is 17.1 Å². The third-order valence-electron chi connectivity index (χ3n) is 11.8. The SMILES string of the molecule is c1ccc(-c2ccc(N(c3ccc(-c4cccc5cc(-c6ccccc6)ccc45)cc3)c3ccccc3-c3cccc4c3c3ccccc3n4-c3ccccc3)cc2)cc1. The van der Waals surface area contributed by atoms with Gasteiger partial charge < -0.3 is 9.47 Å². The zero-order chi connectivity index (χ0) is 39.8. The Morgan fingerprint density at radius 2 is 0.817 bits per heavy atom. The summed E-state index contributed by atoms with van der Waals surface area (Å²) in [7, 11) is 0. The minimum absolute atomic E-state index is 1.09. The summed E-state index contributed by atoms with van der Waals surface area (Å²) in [5.74, 6) is 0. The van der Waals surface area contributed by atoms with Crippen LogP contribution in [-0.4, -0.2) is 4.57 Å². The molecule has 0 radical (unpaired) electrons. The van der Waals surface area contributed by atoms with E-state index in [0.717, 1.165) is 22.7 Å². The van der Waals surface area contributed by atoms with E-state index < -0.39 is 0 Å². The van der Waals surface area contributed by atoms with E-state index in [9.17, 15) is 0 Å². The molecule has 60 heavy (non-hydrogen) atoms. The summed E-state index contributed by atoms with van der Waals surface area (Å²) in [5.41, 5.74) is 16.4. The quantitative estimate of drug-likeness (QED) is 0.150. The van der Waals surface area contributed by atoms with Crippen LogP contribution in [0.2, 0.25) is 0 Å². The predicted octanol–water partition coefficient (Wildman–Crippen LogP) is 16.1. The van der Waals surface area contributed by atoms with Gasteiger partial charge in [-0.3, -0.25) is 0 Å². The first-order chi connectivity index (χ1) is 29.8. The zero-order valence-corrected chi connectivity index (χ0v) is 33.0. The molecule has 0 saturated carbocycles. The Hall–Kier alpha value is -7.94. The first kappa shape index (κ1) is 35.2. The fourth-order valence-corrected chi connectivity index (χ4v) is 8.99. The summed E-state index contributed by atoms with van der Waals surface area (Å²) in [4.78, 5) is 2.42. The Bertz CT molecular complexity index is 3270. The van der Waals surface area contributed by atoms with Gasteiger partial charge in [-0.25, -0.2) is 0 Å². The second-order valence-corrected chi connectivity index (χ2v) is 15.3. The van der Waals surface area contributed by atoms with Gasteiger partial charge in [0.25, 0.3) is 0 Å². The van der Waals surface area contributed by atoms with E-state index in [1.807, 2.05) is 0 Å². The van der Waals surface area contributed by atoms with Crippen LogP contribution in [0.5, 0.6) is 0 Å². The van der Waals surface area contributed by atoms with E-state index >= 15 is 0 Å². The van der Waals surface area contributed by atoms with Crippen molar-refractivity contribution in [3.05, 3.63) is 243 Å². The maximum absolute atomic E-state index is 2.42. The van der Waals surface area contributed by atoms with Gasteiger partial charge in [-0.15, -0.1) is 0 Å². The fourth-order valence-electron chi connectivity index (χ4n) is 8.99. The molecule has 0 amide bonds. The summed E-state index contributed by atoms with van der Waals surface area (Å²) >= 11 is 0. The molecule has 0 saturated heterocycles. The number of benzene rings is 10. The second kappa shape index (κ2) is 15.1. The smallest absolute Gasteiger partial charge is 0.0547 e. The molecule has 2 nitrogen and oxygen atoms in total. The summed E-state index contributed by atoms with van der Waals surface area (Å²) in [6, 6.07) is 87.8. The van der Waals surface area contributed by atoms with Gasteiger partial charge in [0.2, 0.25) is 0 Å². The van der Waals surface area contributed by atoms with Gasteiger partial charge >= 0.3 is 0 Å². The second-order valence-electron chi connectivity index (χ2n) is 15.3. The number of rotatable bonds is 8. The molecule has 0 unspecified atom stereocenters. The molecule has 1 heterocycles. The van der Waals surface area contributed by atoms with E-state index in [1.165, 1.54) is 77.1 Å². The molecule has 0 fully saturated rings. The van der Waals surface area contributed by atoms with Crippen molar-refractivity contribution in [1.29, 1.82) is 0 Å². The highest BCUT2D eigenvalue weighted by Crippen LogP contribution is 2.46. The highest BCUT2D eigenvalue weighted by atomic mass is 15.1. The van der Waals surface area contributed by atoms with Gasteiger partial charge in [0.05, 0.1) is 16.7 Å². The summed E-state index contributed by atoms with van der Waals surface area (Å²) in [6.07, 6.45) is 0. The number of anilines is 3. The topological polar surface area (TPSA) is 8.17 Å². The normalized spacial score (nSPS) is 11.3. The Morgan fingerprint density at radius 1 is 0.300 bits per heavy atom. The van der Waals surface area contributed by atoms with Crippen molar-refractivity contribution in [2.24, 2.45) is 0 Å². The monoisotopic (exact) mass is 764 g/mol. The molecular formula is C58H40N2. The summed E-state index contributed by atoms with van der Waals surface area (Å²) in [6.45, 7) is 0. The third-order valence-corrected chi connectivity index (χ3v) is 11.8. The Labute approximate surface area is 350 Å². The number of aromatic nitrogens is 1. The molecular weight excluding hydrogens is 725 g/mol. The minimum atomic E-state index is 1.09. The lowest BCUT2D eigenvalue weighted by molar-refractivity contribution is 1.18. The number of nitrogens with zero attached hydrogens (tertiary/aromatic N) is 2. The van der Waals surface area contributed by atoms with Crippen molar-refractivity contribution in [3.8, 4) is 50.2 Å². The maximum atomic E-state index is 2.42. The molecule has 0 aliphatic carbocycles. The van der Waals surface area contributed by atoms with Gasteiger partial charge in [-0.05, 0) is 110 Å². The maximum Gasteiger partial charge on any atom is 0.0547 e. The molecule has 11 aromatic rings. The van der Waals surface area contributed by atoms with Gasteiger partial charge in [0.15, 0.2) is 0 Å². The van der Waals surface area contributed by atoms with Crippen LogP contribution in [0.25, 0.3) is 82.8 Å². The Balaban J connectivity index is 1.07. The molecule has 282 valence electrons. The summed E-state index contributed by atoms with van der Waals surface area (Å²) in [5, 5.41) is 4.95. The van der Waals surface area contributed by atoms with Crippen LogP contribution < -0.4 is 4.90 Å². The van der Waals surface area contributed by atoms with Gasteiger partial charge in [-0.1, -0.05) is 182 Å². The first-order valence-electron chi connectivity index (χ1n) is 20.6. The number of para-hydroxylation sites is 3. The molecule has 0 atom stereocenters. The average molecular weight is 765 g/mol. The lowest BCUT2D eigenvalue weighted by Gasteiger charge is -2.28. The Kier molecular flexibility index (Phi) is 8.87. The minimum Gasteiger partial charge on any atom is -0.310 e. The standard InChI is InChI=1S/C58H40N2/c1-4-16-41(17-5-1)43-30-35-48(36-31-43)59(49-37-32-44(33-38-49)50-25-14-20-46-40-45(34-39-51(46)50)42-18-6-2-7-19-42)55-27-12-10-23-52(55)53-26-15-29-57-58(53)54-24-11-13-28-56(54)60(57)47-21-8-3-9-22-47/h1-40H. The van der Waals surface area contributed by atoms with Gasteiger partial charge in [0, 0.05) is 33.4 Å². The number of fused-ring (bicyclic) bond motifs is 4. The molecule has 1 aromatic heterocycles. The lowest BCUT2D eigenvalue weighted by Crippen LogP contribution is -2.11. The predicted molar refractivity (Wildman–Crippen MR) is 255 cm³/mol.